The first-order valence-corrected chi connectivity index (χ1v) is 11.8. The van der Waals surface area contributed by atoms with Crippen LogP contribution in [0.5, 0.6) is 11.5 Å². The second-order valence-electron chi connectivity index (χ2n) is 7.36. The van der Waals surface area contributed by atoms with Crippen LogP contribution in [0.2, 0.25) is 0 Å². The molecule has 1 heterocycles. The smallest absolute Gasteiger partial charge is 0.234 e. The molecule has 0 aliphatic heterocycles. The van der Waals surface area contributed by atoms with Gasteiger partial charge in [0.05, 0.1) is 24.7 Å². The summed E-state index contributed by atoms with van der Waals surface area (Å²) in [6.07, 6.45) is 0. The number of nitrogens with one attached hydrogen (secondary N) is 1. The van der Waals surface area contributed by atoms with Crippen molar-refractivity contribution >= 4 is 34.1 Å². The molecule has 33 heavy (non-hydrogen) atoms. The number of ether oxygens (including phenoxy) is 2. The summed E-state index contributed by atoms with van der Waals surface area (Å²) in [6, 6.07) is 17.7. The standard InChI is InChI=1S/C25H22N4O3S/c1-3-31-16-11-12-20(32-4-2)19(13-16)26-21(30)14-33-25-27-23-17-9-5-7-15-8-6-10-18(22(15)17)24(23)28-29-25/h5-13H,3-4,14H2,1-2H3,(H,26,30). The molecule has 0 spiro atoms. The van der Waals surface area contributed by atoms with Gasteiger partial charge in [0.2, 0.25) is 11.1 Å². The number of benzene rings is 3. The highest BCUT2D eigenvalue weighted by molar-refractivity contribution is 7.99. The van der Waals surface area contributed by atoms with Gasteiger partial charge in [-0.15, -0.1) is 10.2 Å². The molecule has 8 heteroatoms. The monoisotopic (exact) mass is 458 g/mol. The fourth-order valence-corrected chi connectivity index (χ4v) is 4.52. The lowest BCUT2D eigenvalue weighted by Gasteiger charge is -2.13. The maximum Gasteiger partial charge on any atom is 0.234 e. The molecular weight excluding hydrogens is 436 g/mol. The van der Waals surface area contributed by atoms with Crippen molar-refractivity contribution in [1.82, 2.24) is 15.2 Å². The Morgan fingerprint density at radius 1 is 0.939 bits per heavy atom. The van der Waals surface area contributed by atoms with E-state index in [2.05, 4.69) is 27.6 Å². The Labute approximate surface area is 195 Å². The maximum absolute atomic E-state index is 12.7. The number of fused-ring (bicyclic) bond motifs is 3. The van der Waals surface area contributed by atoms with Crippen molar-refractivity contribution in [3.63, 3.8) is 0 Å². The van der Waals surface area contributed by atoms with Gasteiger partial charge in [0.1, 0.15) is 22.9 Å². The lowest BCUT2D eigenvalue weighted by molar-refractivity contribution is -0.113. The molecule has 0 fully saturated rings. The van der Waals surface area contributed by atoms with E-state index < -0.39 is 0 Å². The van der Waals surface area contributed by atoms with Crippen LogP contribution in [0.4, 0.5) is 5.69 Å². The van der Waals surface area contributed by atoms with Crippen LogP contribution in [0.25, 0.3) is 33.3 Å². The molecule has 3 aromatic carbocycles. The summed E-state index contributed by atoms with van der Waals surface area (Å²) < 4.78 is 11.2. The number of thioether (sulfide) groups is 1. The second-order valence-corrected chi connectivity index (χ2v) is 8.30. The molecule has 0 radical (unpaired) electrons. The highest BCUT2D eigenvalue weighted by Crippen LogP contribution is 2.44. The predicted molar refractivity (Wildman–Crippen MR) is 130 cm³/mol. The molecule has 0 atom stereocenters. The molecule has 1 aromatic heterocycles. The van der Waals surface area contributed by atoms with Crippen molar-refractivity contribution < 1.29 is 14.3 Å². The van der Waals surface area contributed by atoms with Crippen LogP contribution in [0.15, 0.2) is 59.8 Å². The SMILES string of the molecule is CCOc1ccc(OCC)c(NC(=O)CSc2nnc3c(n2)-c2cccc4cccc-3c24)c1. The van der Waals surface area contributed by atoms with E-state index in [9.17, 15) is 4.79 Å². The topological polar surface area (TPSA) is 86.2 Å². The van der Waals surface area contributed by atoms with Gasteiger partial charge >= 0.3 is 0 Å². The highest BCUT2D eigenvalue weighted by atomic mass is 32.2. The summed E-state index contributed by atoms with van der Waals surface area (Å²) >= 11 is 1.25. The van der Waals surface area contributed by atoms with Gasteiger partial charge in [0.25, 0.3) is 0 Å². The minimum atomic E-state index is -0.191. The van der Waals surface area contributed by atoms with Crippen LogP contribution in [-0.2, 0) is 4.79 Å². The third kappa shape index (κ3) is 4.09. The first-order valence-electron chi connectivity index (χ1n) is 10.8. The third-order valence-corrected chi connectivity index (χ3v) is 6.09. The highest BCUT2D eigenvalue weighted by Gasteiger charge is 2.25. The number of nitrogens with zero attached hydrogens (tertiary/aromatic N) is 3. The van der Waals surface area contributed by atoms with Crippen molar-refractivity contribution in [3.8, 4) is 34.0 Å². The second kappa shape index (κ2) is 9.07. The summed E-state index contributed by atoms with van der Waals surface area (Å²) in [5, 5.41) is 14.4. The first kappa shape index (κ1) is 21.2. The zero-order valence-corrected chi connectivity index (χ0v) is 19.1. The Morgan fingerprint density at radius 3 is 2.45 bits per heavy atom. The van der Waals surface area contributed by atoms with E-state index in [0.29, 0.717) is 35.6 Å². The number of hydrogen-bond donors (Lipinski definition) is 1. The van der Waals surface area contributed by atoms with Crippen LogP contribution in [0, 0.1) is 0 Å². The molecule has 0 bridgehead atoms. The molecule has 166 valence electrons. The van der Waals surface area contributed by atoms with Crippen molar-refractivity contribution in [3.05, 3.63) is 54.6 Å². The van der Waals surface area contributed by atoms with E-state index >= 15 is 0 Å². The molecule has 4 aromatic rings. The quantitative estimate of drug-likeness (QED) is 0.320. The van der Waals surface area contributed by atoms with E-state index in [0.717, 1.165) is 33.3 Å². The van der Waals surface area contributed by atoms with Gasteiger partial charge in [0.15, 0.2) is 0 Å². The van der Waals surface area contributed by atoms with E-state index in [1.807, 2.05) is 44.2 Å². The van der Waals surface area contributed by atoms with Gasteiger partial charge in [0, 0.05) is 22.6 Å². The van der Waals surface area contributed by atoms with Gasteiger partial charge in [-0.05, 0) is 31.4 Å². The zero-order valence-electron chi connectivity index (χ0n) is 18.3. The normalized spacial score (nSPS) is 11.3. The van der Waals surface area contributed by atoms with Crippen LogP contribution in [0.3, 0.4) is 0 Å². The Balaban J connectivity index is 1.32. The molecule has 1 aliphatic carbocycles. The van der Waals surface area contributed by atoms with Gasteiger partial charge in [-0.25, -0.2) is 4.98 Å². The fraction of sp³-hybridized carbons (Fsp3) is 0.200. The molecule has 1 aliphatic rings. The molecule has 5 rings (SSSR count). The van der Waals surface area contributed by atoms with Crippen molar-refractivity contribution in [2.75, 3.05) is 24.3 Å². The molecule has 1 N–H and O–H groups in total. The number of carbonyl (C=O) groups is 1. The van der Waals surface area contributed by atoms with E-state index in [4.69, 9.17) is 14.5 Å². The lowest BCUT2D eigenvalue weighted by atomic mass is 10.0. The fourth-order valence-electron chi connectivity index (χ4n) is 3.94. The summed E-state index contributed by atoms with van der Waals surface area (Å²) in [7, 11) is 0. The van der Waals surface area contributed by atoms with Crippen molar-refractivity contribution in [2.24, 2.45) is 0 Å². The zero-order chi connectivity index (χ0) is 22.8. The number of hydrogen-bond acceptors (Lipinski definition) is 7. The molecule has 1 amide bonds. The minimum absolute atomic E-state index is 0.141. The average Bonchev–Trinajstić information content (AvgIpc) is 3.15. The summed E-state index contributed by atoms with van der Waals surface area (Å²) in [6.45, 7) is 4.84. The molecule has 0 unspecified atom stereocenters. The minimum Gasteiger partial charge on any atom is -0.494 e. The molecule has 7 nitrogen and oxygen atoms in total. The number of aromatic nitrogens is 3. The number of anilines is 1. The summed E-state index contributed by atoms with van der Waals surface area (Å²) in [5.74, 6) is 1.22. The van der Waals surface area contributed by atoms with Crippen LogP contribution in [-0.4, -0.2) is 40.1 Å². The van der Waals surface area contributed by atoms with E-state index in [1.54, 1.807) is 12.1 Å². The lowest BCUT2D eigenvalue weighted by Crippen LogP contribution is -2.15. The maximum atomic E-state index is 12.7. The summed E-state index contributed by atoms with van der Waals surface area (Å²) in [5.41, 5.74) is 4.26. The summed E-state index contributed by atoms with van der Waals surface area (Å²) in [4.78, 5) is 17.4. The number of carbonyl (C=O) groups excluding carboxylic acids is 1. The van der Waals surface area contributed by atoms with Crippen LogP contribution in [0.1, 0.15) is 13.8 Å². The molecule has 0 saturated heterocycles. The average molecular weight is 459 g/mol. The Morgan fingerprint density at radius 2 is 1.70 bits per heavy atom. The van der Waals surface area contributed by atoms with Gasteiger partial charge in [-0.2, -0.15) is 0 Å². The Bertz CT molecular complexity index is 1350. The first-order chi connectivity index (χ1) is 16.2. The number of rotatable bonds is 8. The van der Waals surface area contributed by atoms with Gasteiger partial charge in [-0.3, -0.25) is 4.79 Å². The van der Waals surface area contributed by atoms with Gasteiger partial charge < -0.3 is 14.8 Å². The van der Waals surface area contributed by atoms with Gasteiger partial charge in [-0.1, -0.05) is 48.2 Å². The van der Waals surface area contributed by atoms with Crippen LogP contribution < -0.4 is 14.8 Å². The molecular formula is C25H22N4O3S. The Kier molecular flexibility index (Phi) is 5.83. The largest absolute Gasteiger partial charge is 0.494 e. The molecule has 0 saturated carbocycles. The van der Waals surface area contributed by atoms with Crippen molar-refractivity contribution in [1.29, 1.82) is 0 Å². The van der Waals surface area contributed by atoms with E-state index in [1.165, 1.54) is 11.8 Å². The third-order valence-electron chi connectivity index (χ3n) is 5.25. The van der Waals surface area contributed by atoms with Crippen LogP contribution >= 0.6 is 11.8 Å². The van der Waals surface area contributed by atoms with E-state index in [-0.39, 0.29) is 11.7 Å². The Hall–Kier alpha value is -3.65. The van der Waals surface area contributed by atoms with Crippen molar-refractivity contribution in [2.45, 2.75) is 19.0 Å². The predicted octanol–water partition coefficient (Wildman–Crippen LogP) is 5.20. The number of amides is 1.